The monoisotopic (exact) mass is 232 g/mol. The van der Waals surface area contributed by atoms with Crippen LogP contribution in [0.4, 0.5) is 0 Å². The standard InChI is InChI=1S/C6H5BrN2OS/c7-4-3-9-1-2-11-6(9)8-5(4)10/h3H,1-2H2. The molecular weight excluding hydrogens is 228 g/mol. The highest BCUT2D eigenvalue weighted by Crippen LogP contribution is 2.22. The van der Waals surface area contributed by atoms with E-state index < -0.39 is 0 Å². The molecule has 1 aliphatic heterocycles. The highest BCUT2D eigenvalue weighted by molar-refractivity contribution is 9.10. The van der Waals surface area contributed by atoms with E-state index in [9.17, 15) is 4.79 Å². The Labute approximate surface area is 76.0 Å². The molecule has 0 atom stereocenters. The van der Waals surface area contributed by atoms with Crippen molar-refractivity contribution in [2.75, 3.05) is 5.75 Å². The van der Waals surface area contributed by atoms with E-state index in [0.717, 1.165) is 17.5 Å². The highest BCUT2D eigenvalue weighted by atomic mass is 79.9. The first-order chi connectivity index (χ1) is 5.27. The van der Waals surface area contributed by atoms with Gasteiger partial charge in [0.05, 0.1) is 0 Å². The number of aromatic nitrogens is 2. The second-order valence-electron chi connectivity index (χ2n) is 2.22. The molecule has 11 heavy (non-hydrogen) atoms. The van der Waals surface area contributed by atoms with Gasteiger partial charge in [-0.05, 0) is 15.9 Å². The van der Waals surface area contributed by atoms with Crippen molar-refractivity contribution < 1.29 is 0 Å². The minimum atomic E-state index is -0.175. The third kappa shape index (κ3) is 1.22. The summed E-state index contributed by atoms with van der Waals surface area (Å²) in [4.78, 5) is 14.9. The van der Waals surface area contributed by atoms with Crippen LogP contribution in [0.2, 0.25) is 0 Å². The molecular formula is C6H5BrN2OS. The Hall–Kier alpha value is -0.290. The van der Waals surface area contributed by atoms with Crippen LogP contribution >= 0.6 is 27.7 Å². The fourth-order valence-electron chi connectivity index (χ4n) is 0.962. The molecule has 0 bridgehead atoms. The molecule has 0 saturated carbocycles. The van der Waals surface area contributed by atoms with Crippen LogP contribution in [0.1, 0.15) is 0 Å². The van der Waals surface area contributed by atoms with Gasteiger partial charge < -0.3 is 4.57 Å². The maximum Gasteiger partial charge on any atom is 0.287 e. The average Bonchev–Trinajstić information content (AvgIpc) is 2.36. The lowest BCUT2D eigenvalue weighted by Crippen LogP contribution is -2.11. The van der Waals surface area contributed by atoms with Crippen LogP contribution in [-0.2, 0) is 6.54 Å². The summed E-state index contributed by atoms with van der Waals surface area (Å²) >= 11 is 4.77. The molecule has 58 valence electrons. The Kier molecular flexibility index (Phi) is 1.77. The zero-order chi connectivity index (χ0) is 7.84. The van der Waals surface area contributed by atoms with Gasteiger partial charge >= 0.3 is 0 Å². The van der Waals surface area contributed by atoms with Crippen molar-refractivity contribution in [1.82, 2.24) is 9.55 Å². The van der Waals surface area contributed by atoms with Crippen LogP contribution in [0.3, 0.4) is 0 Å². The molecule has 0 N–H and O–H groups in total. The van der Waals surface area contributed by atoms with Gasteiger partial charge in [-0.2, -0.15) is 4.98 Å². The van der Waals surface area contributed by atoms with E-state index in [2.05, 4.69) is 20.9 Å². The van der Waals surface area contributed by atoms with E-state index in [1.54, 1.807) is 18.0 Å². The molecule has 0 radical (unpaired) electrons. The fourth-order valence-corrected chi connectivity index (χ4v) is 2.23. The molecule has 3 nitrogen and oxygen atoms in total. The first kappa shape index (κ1) is 7.36. The summed E-state index contributed by atoms with van der Waals surface area (Å²) < 4.78 is 2.53. The number of hydrogen-bond donors (Lipinski definition) is 0. The van der Waals surface area contributed by atoms with Gasteiger partial charge in [-0.1, -0.05) is 11.8 Å². The largest absolute Gasteiger partial charge is 0.325 e. The van der Waals surface area contributed by atoms with Gasteiger partial charge in [0.25, 0.3) is 5.56 Å². The lowest BCUT2D eigenvalue weighted by Gasteiger charge is -1.99. The Bertz CT molecular complexity index is 349. The summed E-state index contributed by atoms with van der Waals surface area (Å²) in [6.45, 7) is 0.950. The lowest BCUT2D eigenvalue weighted by atomic mass is 10.6. The minimum Gasteiger partial charge on any atom is -0.325 e. The molecule has 2 heterocycles. The molecule has 2 rings (SSSR count). The predicted molar refractivity (Wildman–Crippen MR) is 46.9 cm³/mol. The first-order valence-electron chi connectivity index (χ1n) is 3.17. The lowest BCUT2D eigenvalue weighted by molar-refractivity contribution is 0.670. The van der Waals surface area contributed by atoms with Gasteiger partial charge in [0.2, 0.25) is 0 Å². The molecule has 0 aromatic carbocycles. The van der Waals surface area contributed by atoms with E-state index in [1.807, 2.05) is 4.57 Å². The third-order valence-corrected chi connectivity index (χ3v) is 2.99. The van der Waals surface area contributed by atoms with E-state index >= 15 is 0 Å². The molecule has 1 aliphatic rings. The van der Waals surface area contributed by atoms with Gasteiger partial charge in [0, 0.05) is 18.5 Å². The summed E-state index contributed by atoms with van der Waals surface area (Å²) in [7, 11) is 0. The van der Waals surface area contributed by atoms with Gasteiger partial charge in [-0.25, -0.2) is 0 Å². The van der Waals surface area contributed by atoms with Crippen molar-refractivity contribution >= 4 is 27.7 Å². The summed E-state index contributed by atoms with van der Waals surface area (Å²) in [6, 6.07) is 0. The van der Waals surface area contributed by atoms with E-state index in [4.69, 9.17) is 0 Å². The van der Waals surface area contributed by atoms with Crippen molar-refractivity contribution in [2.24, 2.45) is 0 Å². The van der Waals surface area contributed by atoms with Crippen LogP contribution in [0, 0.1) is 0 Å². The zero-order valence-electron chi connectivity index (χ0n) is 5.58. The van der Waals surface area contributed by atoms with Crippen LogP contribution in [0.15, 0.2) is 20.6 Å². The number of nitrogens with zero attached hydrogens (tertiary/aromatic N) is 2. The topological polar surface area (TPSA) is 34.9 Å². The summed E-state index contributed by atoms with van der Waals surface area (Å²) in [5.41, 5.74) is -0.175. The molecule has 1 aromatic heterocycles. The fraction of sp³-hybridized carbons (Fsp3) is 0.333. The zero-order valence-corrected chi connectivity index (χ0v) is 7.98. The molecule has 0 spiro atoms. The van der Waals surface area contributed by atoms with E-state index in [0.29, 0.717) is 4.47 Å². The van der Waals surface area contributed by atoms with Crippen LogP contribution in [-0.4, -0.2) is 15.3 Å². The number of hydrogen-bond acceptors (Lipinski definition) is 3. The Morgan fingerprint density at radius 3 is 3.36 bits per heavy atom. The number of thioether (sulfide) groups is 1. The first-order valence-corrected chi connectivity index (χ1v) is 4.95. The van der Waals surface area contributed by atoms with E-state index in [-0.39, 0.29) is 5.56 Å². The van der Waals surface area contributed by atoms with Crippen LogP contribution in [0.5, 0.6) is 0 Å². The molecule has 0 saturated heterocycles. The highest BCUT2D eigenvalue weighted by Gasteiger charge is 2.12. The van der Waals surface area contributed by atoms with Gasteiger partial charge in [0.1, 0.15) is 4.47 Å². The molecule has 0 amide bonds. The number of halogens is 1. The van der Waals surface area contributed by atoms with E-state index in [1.165, 1.54) is 0 Å². The second-order valence-corrected chi connectivity index (χ2v) is 4.13. The van der Waals surface area contributed by atoms with Crippen molar-refractivity contribution in [3.63, 3.8) is 0 Å². The molecule has 0 unspecified atom stereocenters. The van der Waals surface area contributed by atoms with Crippen molar-refractivity contribution in [1.29, 1.82) is 0 Å². The summed E-state index contributed by atoms with van der Waals surface area (Å²) in [5.74, 6) is 1.02. The molecule has 0 aliphatic carbocycles. The van der Waals surface area contributed by atoms with Gasteiger partial charge in [0.15, 0.2) is 5.16 Å². The van der Waals surface area contributed by atoms with Crippen molar-refractivity contribution in [2.45, 2.75) is 11.7 Å². The van der Waals surface area contributed by atoms with Crippen molar-refractivity contribution in [3.8, 4) is 0 Å². The quantitative estimate of drug-likeness (QED) is 0.629. The third-order valence-electron chi connectivity index (χ3n) is 1.48. The van der Waals surface area contributed by atoms with Crippen molar-refractivity contribution in [3.05, 3.63) is 21.0 Å². The summed E-state index contributed by atoms with van der Waals surface area (Å²) in [5, 5.41) is 0.832. The predicted octanol–water partition coefficient (Wildman–Crippen LogP) is 1.11. The smallest absolute Gasteiger partial charge is 0.287 e. The van der Waals surface area contributed by atoms with Crippen LogP contribution in [0.25, 0.3) is 0 Å². The summed E-state index contributed by atoms with van der Waals surface area (Å²) in [6.07, 6.45) is 1.80. The number of rotatable bonds is 0. The van der Waals surface area contributed by atoms with Gasteiger partial charge in [-0.15, -0.1) is 0 Å². The molecule has 5 heteroatoms. The second kappa shape index (κ2) is 2.64. The number of aryl methyl sites for hydroxylation is 1. The Balaban J connectivity index is 2.66. The molecule has 0 fully saturated rings. The maximum absolute atomic E-state index is 11.0. The minimum absolute atomic E-state index is 0.175. The number of fused-ring (bicyclic) bond motifs is 1. The maximum atomic E-state index is 11.0. The van der Waals surface area contributed by atoms with Gasteiger partial charge in [-0.3, -0.25) is 4.79 Å². The van der Waals surface area contributed by atoms with Crippen LogP contribution < -0.4 is 5.56 Å². The SMILES string of the molecule is O=c1nc2n(cc1Br)CCS2. The molecule has 1 aromatic rings. The Morgan fingerprint density at radius 1 is 1.73 bits per heavy atom. The average molecular weight is 233 g/mol. The normalized spacial score (nSPS) is 15.0. The Morgan fingerprint density at radius 2 is 2.55 bits per heavy atom.